The first kappa shape index (κ1) is 15.4. The number of alkyl halides is 3. The van der Waals surface area contributed by atoms with Crippen LogP contribution in [0.4, 0.5) is 18.9 Å². The summed E-state index contributed by atoms with van der Waals surface area (Å²) in [6.45, 7) is 1.46. The Kier molecular flexibility index (Phi) is 3.96. The van der Waals surface area contributed by atoms with Gasteiger partial charge in [-0.25, -0.2) is 0 Å². The second-order valence-corrected chi connectivity index (χ2v) is 5.00. The highest BCUT2D eigenvalue weighted by molar-refractivity contribution is 6.33. The van der Waals surface area contributed by atoms with Crippen LogP contribution >= 0.6 is 11.6 Å². The molecule has 0 aliphatic rings. The highest BCUT2D eigenvalue weighted by Crippen LogP contribution is 2.31. The molecule has 0 aliphatic carbocycles. The normalized spacial score (nSPS) is 11.5. The molecule has 110 valence electrons. The molecule has 0 spiro atoms. The number of hydrogen-bond acceptors (Lipinski definition) is 2. The lowest BCUT2D eigenvalue weighted by Crippen LogP contribution is -2.09. The molecule has 6 heteroatoms. The van der Waals surface area contributed by atoms with Crippen molar-refractivity contribution >= 4 is 23.1 Å². The standard InChI is InChI=1S/C15H11ClF3NO/c1-8-6-10(15(17,18)19)3-4-11(8)14(21)9-2-5-13(20)12(16)7-9/h2-7H,20H2,1H3. The summed E-state index contributed by atoms with van der Waals surface area (Å²) in [6.07, 6.45) is -4.43. The summed E-state index contributed by atoms with van der Waals surface area (Å²) in [4.78, 5) is 12.3. The van der Waals surface area contributed by atoms with E-state index in [1.807, 2.05) is 0 Å². The highest BCUT2D eigenvalue weighted by Gasteiger charge is 2.31. The first-order valence-electron chi connectivity index (χ1n) is 5.97. The van der Waals surface area contributed by atoms with Crippen LogP contribution in [0.25, 0.3) is 0 Å². The maximum Gasteiger partial charge on any atom is 0.416 e. The van der Waals surface area contributed by atoms with Gasteiger partial charge in [0, 0.05) is 11.1 Å². The predicted octanol–water partition coefficient (Wildman–Crippen LogP) is 4.48. The number of nitrogen functional groups attached to an aromatic ring is 1. The Morgan fingerprint density at radius 3 is 2.33 bits per heavy atom. The number of ketones is 1. The average Bonchev–Trinajstić information content (AvgIpc) is 2.40. The van der Waals surface area contributed by atoms with Crippen LogP contribution in [0.15, 0.2) is 36.4 Å². The Bertz CT molecular complexity index is 711. The van der Waals surface area contributed by atoms with E-state index in [1.165, 1.54) is 31.2 Å². The Morgan fingerprint density at radius 1 is 1.14 bits per heavy atom. The summed E-state index contributed by atoms with van der Waals surface area (Å²) >= 11 is 5.84. The molecule has 0 aliphatic heterocycles. The molecule has 0 aromatic heterocycles. The van der Waals surface area contributed by atoms with E-state index in [1.54, 1.807) is 0 Å². The van der Waals surface area contributed by atoms with Gasteiger partial charge in [0.15, 0.2) is 5.78 Å². The first-order valence-corrected chi connectivity index (χ1v) is 6.35. The van der Waals surface area contributed by atoms with Crippen molar-refractivity contribution in [2.24, 2.45) is 0 Å². The maximum atomic E-state index is 12.6. The Balaban J connectivity index is 2.42. The summed E-state index contributed by atoms with van der Waals surface area (Å²) in [5.74, 6) is -0.400. The average molecular weight is 314 g/mol. The highest BCUT2D eigenvalue weighted by atomic mass is 35.5. The van der Waals surface area contributed by atoms with Crippen LogP contribution in [0, 0.1) is 6.92 Å². The smallest absolute Gasteiger partial charge is 0.398 e. The summed E-state index contributed by atoms with van der Waals surface area (Å²) in [5.41, 5.74) is 5.83. The molecule has 0 radical (unpaired) electrons. The van der Waals surface area contributed by atoms with Crippen molar-refractivity contribution in [1.82, 2.24) is 0 Å². The number of aryl methyl sites for hydroxylation is 1. The van der Waals surface area contributed by atoms with E-state index < -0.39 is 17.5 Å². The third-order valence-electron chi connectivity index (χ3n) is 3.06. The summed E-state index contributed by atoms with van der Waals surface area (Å²) in [6, 6.07) is 7.38. The van der Waals surface area contributed by atoms with E-state index in [0.29, 0.717) is 5.69 Å². The molecule has 0 saturated carbocycles. The molecule has 0 atom stereocenters. The molecule has 2 aromatic carbocycles. The van der Waals surface area contributed by atoms with Gasteiger partial charge in [0.25, 0.3) is 0 Å². The molecule has 2 nitrogen and oxygen atoms in total. The number of carbonyl (C=O) groups excluding carboxylic acids is 1. The zero-order chi connectivity index (χ0) is 15.8. The summed E-state index contributed by atoms with van der Waals surface area (Å²) in [7, 11) is 0. The minimum atomic E-state index is -4.43. The van der Waals surface area contributed by atoms with Gasteiger partial charge in [-0.3, -0.25) is 4.79 Å². The van der Waals surface area contributed by atoms with Crippen molar-refractivity contribution in [3.63, 3.8) is 0 Å². The van der Waals surface area contributed by atoms with Gasteiger partial charge >= 0.3 is 6.18 Å². The molecular formula is C15H11ClF3NO. The minimum Gasteiger partial charge on any atom is -0.398 e. The van der Waals surface area contributed by atoms with E-state index in [9.17, 15) is 18.0 Å². The molecule has 2 N–H and O–H groups in total. The van der Waals surface area contributed by atoms with Crippen molar-refractivity contribution < 1.29 is 18.0 Å². The molecule has 0 unspecified atom stereocenters. The van der Waals surface area contributed by atoms with Crippen LogP contribution in [0.3, 0.4) is 0 Å². The molecule has 0 bridgehead atoms. The third kappa shape index (κ3) is 3.19. The SMILES string of the molecule is Cc1cc(C(F)(F)F)ccc1C(=O)c1ccc(N)c(Cl)c1. The van der Waals surface area contributed by atoms with Crippen LogP contribution in [-0.4, -0.2) is 5.78 Å². The first-order chi connectivity index (χ1) is 9.70. The minimum absolute atomic E-state index is 0.198. The number of halogens is 4. The molecule has 0 amide bonds. The second-order valence-electron chi connectivity index (χ2n) is 4.59. The molecule has 0 saturated heterocycles. The molecule has 0 heterocycles. The van der Waals surface area contributed by atoms with Gasteiger partial charge in [-0.1, -0.05) is 17.7 Å². The fourth-order valence-electron chi connectivity index (χ4n) is 1.92. The van der Waals surface area contributed by atoms with E-state index in [0.717, 1.165) is 12.1 Å². The molecule has 0 fully saturated rings. The van der Waals surface area contributed by atoms with Crippen LogP contribution < -0.4 is 5.73 Å². The second kappa shape index (κ2) is 5.41. The Labute approximate surface area is 124 Å². The van der Waals surface area contributed by atoms with E-state index >= 15 is 0 Å². The fraction of sp³-hybridized carbons (Fsp3) is 0.133. The van der Waals surface area contributed by atoms with Gasteiger partial charge in [-0.15, -0.1) is 0 Å². The van der Waals surface area contributed by atoms with Crippen molar-refractivity contribution in [3.05, 3.63) is 63.7 Å². The topological polar surface area (TPSA) is 43.1 Å². The lowest BCUT2D eigenvalue weighted by molar-refractivity contribution is -0.137. The van der Waals surface area contributed by atoms with Crippen molar-refractivity contribution in [3.8, 4) is 0 Å². The summed E-state index contributed by atoms with van der Waals surface area (Å²) in [5, 5.41) is 0.227. The maximum absolute atomic E-state index is 12.6. The van der Waals surface area contributed by atoms with Crippen LogP contribution in [0.2, 0.25) is 5.02 Å². The van der Waals surface area contributed by atoms with Crippen LogP contribution in [0.5, 0.6) is 0 Å². The lowest BCUT2D eigenvalue weighted by Gasteiger charge is -2.11. The fourth-order valence-corrected chi connectivity index (χ4v) is 2.10. The van der Waals surface area contributed by atoms with Gasteiger partial charge in [0.05, 0.1) is 16.3 Å². The van der Waals surface area contributed by atoms with Gasteiger partial charge in [0.1, 0.15) is 0 Å². The Morgan fingerprint density at radius 2 is 1.81 bits per heavy atom. The number of rotatable bonds is 2. The quantitative estimate of drug-likeness (QED) is 0.656. The predicted molar refractivity (Wildman–Crippen MR) is 75.5 cm³/mol. The third-order valence-corrected chi connectivity index (χ3v) is 3.39. The lowest BCUT2D eigenvalue weighted by atomic mass is 9.97. The van der Waals surface area contributed by atoms with Gasteiger partial charge in [0.2, 0.25) is 0 Å². The largest absolute Gasteiger partial charge is 0.416 e. The number of nitrogens with two attached hydrogens (primary N) is 1. The van der Waals surface area contributed by atoms with Crippen molar-refractivity contribution in [1.29, 1.82) is 0 Å². The van der Waals surface area contributed by atoms with Crippen LogP contribution in [-0.2, 0) is 6.18 Å². The van der Waals surface area contributed by atoms with Gasteiger partial charge in [-0.05, 0) is 42.8 Å². The molecular weight excluding hydrogens is 303 g/mol. The number of carbonyl (C=O) groups is 1. The number of anilines is 1. The zero-order valence-electron chi connectivity index (χ0n) is 11.0. The molecule has 2 aromatic rings. The molecule has 2 rings (SSSR count). The number of benzene rings is 2. The molecule has 21 heavy (non-hydrogen) atoms. The summed E-state index contributed by atoms with van der Waals surface area (Å²) < 4.78 is 37.8. The monoisotopic (exact) mass is 313 g/mol. The van der Waals surface area contributed by atoms with Crippen molar-refractivity contribution in [2.75, 3.05) is 5.73 Å². The van der Waals surface area contributed by atoms with Gasteiger partial charge in [-0.2, -0.15) is 13.2 Å². The zero-order valence-corrected chi connectivity index (χ0v) is 11.7. The van der Waals surface area contributed by atoms with E-state index in [4.69, 9.17) is 17.3 Å². The van der Waals surface area contributed by atoms with E-state index in [2.05, 4.69) is 0 Å². The van der Waals surface area contributed by atoms with Crippen LogP contribution in [0.1, 0.15) is 27.0 Å². The van der Waals surface area contributed by atoms with Crippen molar-refractivity contribution in [2.45, 2.75) is 13.1 Å². The van der Waals surface area contributed by atoms with E-state index in [-0.39, 0.29) is 21.7 Å². The number of hydrogen-bond donors (Lipinski definition) is 1. The van der Waals surface area contributed by atoms with Gasteiger partial charge < -0.3 is 5.73 Å². The Hall–Kier alpha value is -2.01.